The molecule has 5 heavy (non-hydrogen) atoms. The molecule has 0 aliphatic carbocycles. The largest absolute Gasteiger partial charge is 0.120 e. The topological polar surface area (TPSA) is 0 Å². The first-order valence-electron chi connectivity index (χ1n) is 2.50. The van der Waals surface area contributed by atoms with Crippen LogP contribution in [0, 0.1) is 0 Å². The van der Waals surface area contributed by atoms with Gasteiger partial charge in [0.15, 0.2) is 0 Å². The molecule has 0 saturated carbocycles. The van der Waals surface area contributed by atoms with E-state index >= 15 is 0 Å². The molecule has 1 heterocycles. The van der Waals surface area contributed by atoms with Crippen LogP contribution < -0.4 is 0 Å². The summed E-state index contributed by atoms with van der Waals surface area (Å²) in [4.78, 5) is 0. The molecule has 1 rings (SSSR count). The summed E-state index contributed by atoms with van der Waals surface area (Å²) in [6, 6.07) is 0. The van der Waals surface area contributed by atoms with Crippen LogP contribution in [0.15, 0.2) is 0 Å². The Kier molecular flexibility index (Phi) is 0.971. The van der Waals surface area contributed by atoms with E-state index in [1.807, 2.05) is 0 Å². The Morgan fingerprint density at radius 1 is 1.00 bits per heavy atom. The van der Waals surface area contributed by atoms with Crippen LogP contribution in [-0.2, 0) is 0 Å². The van der Waals surface area contributed by atoms with Crippen molar-refractivity contribution < 1.29 is 0 Å². The minimum Gasteiger partial charge on any atom is -0.0775 e. The standard InChI is InChI=1S/C4H9B/c1-2-4-5-3-1/h5H,1-4H2. The van der Waals surface area contributed by atoms with Crippen molar-refractivity contribution >= 4 is 7.28 Å². The molecular formula is C4H9B. The van der Waals surface area contributed by atoms with Crippen LogP contribution in [0.3, 0.4) is 0 Å². The second-order valence-electron chi connectivity index (χ2n) is 1.77. The first-order valence-corrected chi connectivity index (χ1v) is 2.50. The lowest BCUT2D eigenvalue weighted by molar-refractivity contribution is 0.935. The predicted molar refractivity (Wildman–Crippen MR) is 26.0 cm³/mol. The minimum absolute atomic E-state index is 1.50. The molecule has 1 heteroatoms. The van der Waals surface area contributed by atoms with Crippen LogP contribution in [0.1, 0.15) is 12.8 Å². The minimum atomic E-state index is 1.50. The molecule has 0 aromatic heterocycles. The highest BCUT2D eigenvalue weighted by atomic mass is 13.9. The van der Waals surface area contributed by atoms with Crippen LogP contribution in [0.5, 0.6) is 0 Å². The summed E-state index contributed by atoms with van der Waals surface area (Å²) in [5.74, 6) is 0. The third-order valence-corrected chi connectivity index (χ3v) is 1.25. The maximum absolute atomic E-state index is 1.50. The number of hydrogen-bond acceptors (Lipinski definition) is 0. The van der Waals surface area contributed by atoms with Crippen molar-refractivity contribution in [3.63, 3.8) is 0 Å². The van der Waals surface area contributed by atoms with Gasteiger partial charge in [-0.1, -0.05) is 25.5 Å². The Morgan fingerprint density at radius 2 is 1.60 bits per heavy atom. The van der Waals surface area contributed by atoms with Crippen molar-refractivity contribution in [1.29, 1.82) is 0 Å². The quantitative estimate of drug-likeness (QED) is 0.372. The molecule has 0 nitrogen and oxygen atoms in total. The monoisotopic (exact) mass is 68.1 g/mol. The van der Waals surface area contributed by atoms with E-state index in [0.717, 1.165) is 0 Å². The fraction of sp³-hybridized carbons (Fsp3) is 1.00. The summed E-state index contributed by atoms with van der Waals surface area (Å²) in [7, 11) is 1.50. The van der Waals surface area contributed by atoms with Crippen molar-refractivity contribution in [2.75, 3.05) is 0 Å². The summed E-state index contributed by atoms with van der Waals surface area (Å²) in [5.41, 5.74) is 0. The molecule has 1 fully saturated rings. The first-order chi connectivity index (χ1) is 2.50. The number of hydrogen-bond donors (Lipinski definition) is 0. The summed E-state index contributed by atoms with van der Waals surface area (Å²) in [6.07, 6.45) is 6.00. The maximum atomic E-state index is 1.50. The third kappa shape index (κ3) is 0.676. The first kappa shape index (κ1) is 3.26. The summed E-state index contributed by atoms with van der Waals surface area (Å²) in [5, 5.41) is 0. The van der Waals surface area contributed by atoms with Crippen LogP contribution in [0.4, 0.5) is 0 Å². The van der Waals surface area contributed by atoms with E-state index < -0.39 is 0 Å². The van der Waals surface area contributed by atoms with Gasteiger partial charge in [-0.2, -0.15) is 0 Å². The van der Waals surface area contributed by atoms with Crippen molar-refractivity contribution in [2.24, 2.45) is 0 Å². The van der Waals surface area contributed by atoms with Gasteiger partial charge in [0.2, 0.25) is 0 Å². The highest BCUT2D eigenvalue weighted by Crippen LogP contribution is 2.09. The van der Waals surface area contributed by atoms with Crippen LogP contribution in [0.2, 0.25) is 12.6 Å². The smallest absolute Gasteiger partial charge is 0.0775 e. The molecule has 1 aliphatic rings. The Labute approximate surface area is 33.8 Å². The zero-order valence-corrected chi connectivity index (χ0v) is 3.54. The lowest BCUT2D eigenvalue weighted by Crippen LogP contribution is -1.68. The average molecular weight is 67.9 g/mol. The molecule has 0 spiro atoms. The second kappa shape index (κ2) is 1.49. The van der Waals surface area contributed by atoms with Gasteiger partial charge in [0, 0.05) is 0 Å². The molecular weight excluding hydrogens is 58.9 g/mol. The van der Waals surface area contributed by atoms with Crippen molar-refractivity contribution in [1.82, 2.24) is 0 Å². The zero-order valence-electron chi connectivity index (χ0n) is 3.54. The summed E-state index contributed by atoms with van der Waals surface area (Å²) < 4.78 is 0. The molecule has 0 amide bonds. The summed E-state index contributed by atoms with van der Waals surface area (Å²) >= 11 is 0. The van der Waals surface area contributed by atoms with Crippen LogP contribution in [0.25, 0.3) is 0 Å². The Balaban J connectivity index is 2.08. The van der Waals surface area contributed by atoms with Crippen molar-refractivity contribution in [2.45, 2.75) is 25.5 Å². The van der Waals surface area contributed by atoms with E-state index in [-0.39, 0.29) is 0 Å². The molecule has 0 unspecified atom stereocenters. The average Bonchev–Trinajstić information content (AvgIpc) is 1.76. The molecule has 28 valence electrons. The normalized spacial score (nSPS) is 22.4. The highest BCUT2D eigenvalue weighted by molar-refractivity contribution is 6.36. The molecule has 1 aliphatic heterocycles. The molecule has 0 N–H and O–H groups in total. The van der Waals surface area contributed by atoms with Gasteiger partial charge < -0.3 is 0 Å². The fourth-order valence-electron chi connectivity index (χ4n) is 0.884. The molecule has 1 saturated heterocycles. The fourth-order valence-corrected chi connectivity index (χ4v) is 0.884. The molecule has 0 radical (unpaired) electrons. The predicted octanol–water partition coefficient (Wildman–Crippen LogP) is 1.05. The molecule has 0 bridgehead atoms. The van der Waals surface area contributed by atoms with Gasteiger partial charge in [-0.25, -0.2) is 0 Å². The van der Waals surface area contributed by atoms with E-state index in [1.165, 1.54) is 32.8 Å². The van der Waals surface area contributed by atoms with Crippen LogP contribution in [-0.4, -0.2) is 7.28 Å². The lowest BCUT2D eigenvalue weighted by atomic mass is 9.77. The van der Waals surface area contributed by atoms with Gasteiger partial charge in [-0.15, -0.1) is 0 Å². The second-order valence-corrected chi connectivity index (χ2v) is 1.77. The van der Waals surface area contributed by atoms with Gasteiger partial charge in [0.1, 0.15) is 7.28 Å². The Morgan fingerprint density at radius 3 is 1.80 bits per heavy atom. The third-order valence-electron chi connectivity index (χ3n) is 1.25. The number of rotatable bonds is 0. The molecule has 0 aromatic carbocycles. The van der Waals surface area contributed by atoms with Crippen molar-refractivity contribution in [3.05, 3.63) is 0 Å². The van der Waals surface area contributed by atoms with Gasteiger partial charge >= 0.3 is 0 Å². The molecule has 0 aromatic rings. The van der Waals surface area contributed by atoms with E-state index in [1.54, 1.807) is 0 Å². The zero-order chi connectivity index (χ0) is 3.54. The van der Waals surface area contributed by atoms with Gasteiger partial charge in [0.25, 0.3) is 0 Å². The van der Waals surface area contributed by atoms with Crippen molar-refractivity contribution in [3.8, 4) is 0 Å². The Hall–Kier alpha value is 0.0649. The maximum Gasteiger partial charge on any atom is 0.120 e. The van der Waals surface area contributed by atoms with E-state index in [2.05, 4.69) is 0 Å². The van der Waals surface area contributed by atoms with Gasteiger partial charge in [-0.05, 0) is 0 Å². The van der Waals surface area contributed by atoms with E-state index in [0.29, 0.717) is 0 Å². The lowest BCUT2D eigenvalue weighted by Gasteiger charge is -1.68. The SMILES string of the molecule is B1CCCC1. The van der Waals surface area contributed by atoms with E-state index in [9.17, 15) is 0 Å². The van der Waals surface area contributed by atoms with Crippen LogP contribution >= 0.6 is 0 Å². The highest BCUT2D eigenvalue weighted by Gasteiger charge is 1.97. The summed E-state index contributed by atoms with van der Waals surface area (Å²) in [6.45, 7) is 0. The Bertz CT molecular complexity index is 15.2. The molecule has 0 atom stereocenters. The van der Waals surface area contributed by atoms with Gasteiger partial charge in [0.05, 0.1) is 0 Å². The van der Waals surface area contributed by atoms with E-state index in [4.69, 9.17) is 0 Å². The van der Waals surface area contributed by atoms with Gasteiger partial charge in [-0.3, -0.25) is 0 Å².